The summed E-state index contributed by atoms with van der Waals surface area (Å²) in [5.74, 6) is 0.444. The molecule has 0 saturated carbocycles. The van der Waals surface area contributed by atoms with Crippen LogP contribution in [0.25, 0.3) is 0 Å². The number of hydrogen-bond donors (Lipinski definition) is 0. The lowest BCUT2D eigenvalue weighted by atomic mass is 9.85. The molecule has 0 N–H and O–H groups in total. The highest BCUT2D eigenvalue weighted by Crippen LogP contribution is 2.32. The first-order valence-electron chi connectivity index (χ1n) is 8.20. The van der Waals surface area contributed by atoms with Gasteiger partial charge in [0.1, 0.15) is 14.0 Å². The third-order valence-corrected chi connectivity index (χ3v) is 4.94. The van der Waals surface area contributed by atoms with Crippen LogP contribution in [0.3, 0.4) is 0 Å². The molecule has 3 nitrogen and oxygen atoms in total. The van der Waals surface area contributed by atoms with E-state index in [4.69, 9.17) is 12.7 Å². The van der Waals surface area contributed by atoms with Crippen molar-refractivity contribution in [2.75, 3.05) is 13.1 Å². The van der Waals surface area contributed by atoms with E-state index in [-0.39, 0.29) is 6.10 Å². The minimum atomic E-state index is -4.28. The highest BCUT2D eigenvalue weighted by Gasteiger charge is 2.32. The van der Waals surface area contributed by atoms with Gasteiger partial charge in [-0.3, -0.25) is 4.90 Å². The lowest BCUT2D eigenvalue weighted by Crippen LogP contribution is -2.37. The van der Waals surface area contributed by atoms with Gasteiger partial charge < -0.3 is 4.84 Å². The molecule has 24 heavy (non-hydrogen) atoms. The minimum absolute atomic E-state index is 0.0833. The Morgan fingerprint density at radius 2 is 2.00 bits per heavy atom. The molecular formula is C17H20BF3N2O. The third kappa shape index (κ3) is 3.94. The Bertz CT molecular complexity index is 625. The zero-order valence-corrected chi connectivity index (χ0v) is 13.6. The van der Waals surface area contributed by atoms with Crippen LogP contribution in [-0.2, 0) is 17.6 Å². The molecule has 1 unspecified atom stereocenters. The van der Waals surface area contributed by atoms with Crippen LogP contribution in [-0.4, -0.2) is 37.6 Å². The van der Waals surface area contributed by atoms with Crippen molar-refractivity contribution in [1.29, 1.82) is 0 Å². The molecule has 1 saturated heterocycles. The molecule has 1 atom stereocenters. The highest BCUT2D eigenvalue weighted by atomic mass is 19.4. The van der Waals surface area contributed by atoms with Crippen molar-refractivity contribution in [2.45, 2.75) is 45.0 Å². The van der Waals surface area contributed by atoms with E-state index in [1.54, 1.807) is 13.0 Å². The second kappa shape index (κ2) is 6.79. The Morgan fingerprint density at radius 3 is 2.54 bits per heavy atom. The van der Waals surface area contributed by atoms with Gasteiger partial charge >= 0.3 is 6.18 Å². The van der Waals surface area contributed by atoms with E-state index in [0.29, 0.717) is 30.1 Å². The average Bonchev–Trinajstić information content (AvgIpc) is 2.95. The highest BCUT2D eigenvalue weighted by molar-refractivity contribution is 6.59. The summed E-state index contributed by atoms with van der Waals surface area (Å²) in [5.41, 5.74) is 1.61. The van der Waals surface area contributed by atoms with Crippen LogP contribution in [0, 0.1) is 12.8 Å². The third-order valence-electron chi connectivity index (χ3n) is 4.94. The van der Waals surface area contributed by atoms with E-state index in [9.17, 15) is 13.2 Å². The topological polar surface area (TPSA) is 24.8 Å². The summed E-state index contributed by atoms with van der Waals surface area (Å²) in [6.45, 7) is 4.24. The molecule has 2 radical (unpaired) electrons. The SMILES string of the molecule is [B]C1=NOC(C2CCN(Cc3ccc(C(F)(F)F)cc3C)CC2)C1. The van der Waals surface area contributed by atoms with Gasteiger partial charge in [-0.1, -0.05) is 6.07 Å². The van der Waals surface area contributed by atoms with Crippen LogP contribution in [0.2, 0.25) is 0 Å². The maximum absolute atomic E-state index is 12.7. The first-order chi connectivity index (χ1) is 11.3. The van der Waals surface area contributed by atoms with Crippen LogP contribution >= 0.6 is 0 Å². The zero-order chi connectivity index (χ0) is 17.3. The van der Waals surface area contributed by atoms with Crippen LogP contribution in [0.1, 0.15) is 36.0 Å². The molecule has 0 amide bonds. The summed E-state index contributed by atoms with van der Waals surface area (Å²) in [5, 5.41) is 3.81. The fourth-order valence-corrected chi connectivity index (χ4v) is 3.44. The van der Waals surface area contributed by atoms with Gasteiger partial charge in [0.05, 0.1) is 5.56 Å². The van der Waals surface area contributed by atoms with Crippen molar-refractivity contribution in [3.05, 3.63) is 34.9 Å². The van der Waals surface area contributed by atoms with E-state index in [1.807, 2.05) is 0 Å². The summed E-state index contributed by atoms with van der Waals surface area (Å²) in [7, 11) is 5.66. The Morgan fingerprint density at radius 1 is 1.29 bits per heavy atom. The van der Waals surface area contributed by atoms with Crippen molar-refractivity contribution in [2.24, 2.45) is 11.1 Å². The number of rotatable bonds is 3. The molecule has 2 aliphatic heterocycles. The summed E-state index contributed by atoms with van der Waals surface area (Å²) in [6, 6.07) is 4.00. The fourth-order valence-electron chi connectivity index (χ4n) is 3.44. The number of hydrogen-bond acceptors (Lipinski definition) is 3. The van der Waals surface area contributed by atoms with Crippen molar-refractivity contribution in [1.82, 2.24) is 4.90 Å². The van der Waals surface area contributed by atoms with Gasteiger partial charge in [-0.25, -0.2) is 0 Å². The molecule has 7 heteroatoms. The Balaban J connectivity index is 1.55. The summed E-state index contributed by atoms with van der Waals surface area (Å²) in [4.78, 5) is 7.64. The van der Waals surface area contributed by atoms with E-state index < -0.39 is 11.7 Å². The monoisotopic (exact) mass is 336 g/mol. The molecule has 0 aromatic heterocycles. The number of likely N-dealkylation sites (tertiary alicyclic amines) is 1. The fraction of sp³-hybridized carbons (Fsp3) is 0.588. The van der Waals surface area contributed by atoms with Gasteiger partial charge in [0.15, 0.2) is 0 Å². The van der Waals surface area contributed by atoms with Gasteiger partial charge in [-0.05, 0) is 56.1 Å². The smallest absolute Gasteiger partial charge is 0.393 e. The van der Waals surface area contributed by atoms with Crippen molar-refractivity contribution >= 4 is 13.5 Å². The number of piperidine rings is 1. The van der Waals surface area contributed by atoms with Crippen molar-refractivity contribution < 1.29 is 18.0 Å². The number of alkyl halides is 3. The molecule has 0 bridgehead atoms. The second-order valence-corrected chi connectivity index (χ2v) is 6.68. The van der Waals surface area contributed by atoms with E-state index in [2.05, 4.69) is 10.1 Å². The lowest BCUT2D eigenvalue weighted by Gasteiger charge is -2.34. The maximum Gasteiger partial charge on any atom is 0.416 e. The van der Waals surface area contributed by atoms with E-state index in [1.165, 1.54) is 12.1 Å². The molecule has 1 aromatic carbocycles. The van der Waals surface area contributed by atoms with Crippen LogP contribution in [0.5, 0.6) is 0 Å². The summed E-state index contributed by atoms with van der Waals surface area (Å²) >= 11 is 0. The number of oxime groups is 1. The average molecular weight is 336 g/mol. The number of halogens is 3. The molecule has 128 valence electrons. The van der Waals surface area contributed by atoms with Crippen molar-refractivity contribution in [3.63, 3.8) is 0 Å². The molecule has 0 spiro atoms. The lowest BCUT2D eigenvalue weighted by molar-refractivity contribution is -0.137. The van der Waals surface area contributed by atoms with Gasteiger partial charge in [-0.2, -0.15) is 13.2 Å². The standard InChI is InChI=1S/C17H20BF3N2O/c1-11-8-14(17(19,20)21)3-2-13(11)10-23-6-4-12(5-7-23)15-9-16(18)22-24-15/h2-3,8,12,15H,4-7,9-10H2,1H3. The van der Waals surface area contributed by atoms with Crippen LogP contribution < -0.4 is 0 Å². The largest absolute Gasteiger partial charge is 0.416 e. The summed E-state index contributed by atoms with van der Waals surface area (Å²) < 4.78 is 38.2. The molecule has 2 aliphatic rings. The first kappa shape index (κ1) is 17.3. The molecule has 1 aromatic rings. The second-order valence-electron chi connectivity index (χ2n) is 6.68. The van der Waals surface area contributed by atoms with E-state index >= 15 is 0 Å². The van der Waals surface area contributed by atoms with Crippen LogP contribution in [0.4, 0.5) is 13.2 Å². The zero-order valence-electron chi connectivity index (χ0n) is 13.6. The Kier molecular flexibility index (Phi) is 4.90. The predicted octanol–water partition coefficient (Wildman–Crippen LogP) is 3.50. The molecular weight excluding hydrogens is 316 g/mol. The van der Waals surface area contributed by atoms with Gasteiger partial charge in [-0.15, -0.1) is 5.16 Å². The van der Waals surface area contributed by atoms with Gasteiger partial charge in [0.25, 0.3) is 0 Å². The quantitative estimate of drug-likeness (QED) is 0.790. The molecule has 1 fully saturated rings. The van der Waals surface area contributed by atoms with E-state index in [0.717, 1.165) is 31.5 Å². The van der Waals surface area contributed by atoms with Crippen LogP contribution in [0.15, 0.2) is 23.4 Å². The number of aryl methyl sites for hydroxylation is 1. The Hall–Kier alpha value is -1.50. The molecule has 3 rings (SSSR count). The molecule has 2 heterocycles. The Labute approximate surface area is 141 Å². The van der Waals surface area contributed by atoms with Gasteiger partial charge in [0, 0.05) is 24.5 Å². The number of benzene rings is 1. The normalized spacial score (nSPS) is 23.2. The summed E-state index contributed by atoms with van der Waals surface area (Å²) in [6.07, 6.45) is -1.52. The maximum atomic E-state index is 12.7. The first-order valence-corrected chi connectivity index (χ1v) is 8.20. The minimum Gasteiger partial charge on any atom is -0.393 e. The van der Waals surface area contributed by atoms with Gasteiger partial charge in [0.2, 0.25) is 0 Å². The number of nitrogens with zero attached hydrogens (tertiary/aromatic N) is 2. The van der Waals surface area contributed by atoms with Crippen molar-refractivity contribution in [3.8, 4) is 0 Å². The molecule has 0 aliphatic carbocycles. The predicted molar refractivity (Wildman–Crippen MR) is 86.9 cm³/mol.